The molecule has 6 nitrogen and oxygen atoms in total. The van der Waals surface area contributed by atoms with E-state index in [1.54, 1.807) is 11.3 Å². The molecule has 4 unspecified atom stereocenters. The molecule has 0 saturated heterocycles. The minimum atomic E-state index is -0.880. The Kier molecular flexibility index (Phi) is 5.28. The number of amides is 1. The summed E-state index contributed by atoms with van der Waals surface area (Å²) in [4.78, 5) is 30.9. The summed E-state index contributed by atoms with van der Waals surface area (Å²) in [6, 6.07) is 7.74. The molecule has 2 aromatic rings. The number of allylic oxidation sites excluding steroid dienone is 2. The molecule has 2 aliphatic carbocycles. The van der Waals surface area contributed by atoms with E-state index in [-0.39, 0.29) is 17.7 Å². The van der Waals surface area contributed by atoms with Crippen molar-refractivity contribution in [3.63, 3.8) is 0 Å². The van der Waals surface area contributed by atoms with Gasteiger partial charge in [-0.3, -0.25) is 14.5 Å². The summed E-state index contributed by atoms with van der Waals surface area (Å²) < 4.78 is 0. The first-order valence-corrected chi connectivity index (χ1v) is 10.3. The van der Waals surface area contributed by atoms with Gasteiger partial charge in [0.05, 0.1) is 23.0 Å². The fourth-order valence-electron chi connectivity index (χ4n) is 4.45. The van der Waals surface area contributed by atoms with Gasteiger partial charge in [0, 0.05) is 24.2 Å². The zero-order chi connectivity index (χ0) is 19.7. The molecule has 2 bridgehead atoms. The molecule has 4 rings (SSSR count). The van der Waals surface area contributed by atoms with Crippen molar-refractivity contribution in [1.82, 2.24) is 9.88 Å². The Hall–Kier alpha value is -2.51. The largest absolute Gasteiger partial charge is 0.481 e. The van der Waals surface area contributed by atoms with Gasteiger partial charge in [-0.25, -0.2) is 4.98 Å². The molecule has 1 aromatic heterocycles. The van der Waals surface area contributed by atoms with Crippen LogP contribution in [0.2, 0.25) is 0 Å². The summed E-state index contributed by atoms with van der Waals surface area (Å²) in [6.45, 7) is 1.49. The fourth-order valence-corrected chi connectivity index (χ4v) is 5.00. The van der Waals surface area contributed by atoms with Crippen LogP contribution in [0.3, 0.4) is 0 Å². The third-order valence-corrected chi connectivity index (χ3v) is 6.24. The van der Waals surface area contributed by atoms with E-state index < -0.39 is 17.8 Å². The average Bonchev–Trinajstić information content (AvgIpc) is 3.38. The number of carbonyl (C=O) groups excluding carboxylic acids is 1. The van der Waals surface area contributed by atoms with Crippen molar-refractivity contribution in [2.24, 2.45) is 23.7 Å². The van der Waals surface area contributed by atoms with E-state index in [0.29, 0.717) is 5.69 Å². The maximum absolute atomic E-state index is 12.8. The highest BCUT2D eigenvalue weighted by atomic mass is 32.1. The number of nitrogens with one attached hydrogen (secondary N) is 1. The van der Waals surface area contributed by atoms with Crippen molar-refractivity contribution in [2.45, 2.75) is 19.5 Å². The molecule has 4 atom stereocenters. The van der Waals surface area contributed by atoms with E-state index >= 15 is 0 Å². The topological polar surface area (TPSA) is 82.5 Å². The second-order valence-corrected chi connectivity index (χ2v) is 8.40. The van der Waals surface area contributed by atoms with Gasteiger partial charge in [0.1, 0.15) is 0 Å². The summed E-state index contributed by atoms with van der Waals surface area (Å²) in [5.74, 6) is -2.19. The number of thiazole rings is 1. The van der Waals surface area contributed by atoms with E-state index in [2.05, 4.69) is 15.2 Å². The van der Waals surface area contributed by atoms with Crippen LogP contribution in [0.4, 0.5) is 5.69 Å². The molecule has 0 spiro atoms. The van der Waals surface area contributed by atoms with Crippen LogP contribution >= 0.6 is 11.3 Å². The number of anilines is 1. The van der Waals surface area contributed by atoms with E-state index in [9.17, 15) is 14.7 Å². The minimum absolute atomic E-state index is 0.0241. The Balaban J connectivity index is 1.41. The van der Waals surface area contributed by atoms with Gasteiger partial charge in [-0.2, -0.15) is 0 Å². The molecule has 1 aromatic carbocycles. The third kappa shape index (κ3) is 3.86. The van der Waals surface area contributed by atoms with Crippen LogP contribution in [0, 0.1) is 23.7 Å². The van der Waals surface area contributed by atoms with Crippen molar-refractivity contribution >= 4 is 28.9 Å². The number of aliphatic carboxylic acids is 1. The number of carboxylic acid groups (broad SMARTS) is 1. The van der Waals surface area contributed by atoms with Gasteiger partial charge in [0.15, 0.2) is 0 Å². The van der Waals surface area contributed by atoms with Crippen molar-refractivity contribution in [1.29, 1.82) is 0 Å². The Morgan fingerprint density at radius 3 is 2.75 bits per heavy atom. The molecule has 7 heteroatoms. The summed E-state index contributed by atoms with van der Waals surface area (Å²) in [5, 5.41) is 14.5. The quantitative estimate of drug-likeness (QED) is 0.701. The highest BCUT2D eigenvalue weighted by Crippen LogP contribution is 2.48. The normalized spacial score (nSPS) is 25.4. The highest BCUT2D eigenvalue weighted by molar-refractivity contribution is 7.07. The van der Waals surface area contributed by atoms with Crippen molar-refractivity contribution in [2.75, 3.05) is 12.4 Å². The molecule has 146 valence electrons. The van der Waals surface area contributed by atoms with Crippen molar-refractivity contribution in [3.05, 3.63) is 58.6 Å². The van der Waals surface area contributed by atoms with Crippen LogP contribution in [-0.2, 0) is 22.7 Å². The predicted molar refractivity (Wildman–Crippen MR) is 108 cm³/mol. The number of aromatic nitrogens is 1. The zero-order valence-corrected chi connectivity index (χ0v) is 16.4. The van der Waals surface area contributed by atoms with Crippen LogP contribution in [0.15, 0.2) is 47.3 Å². The molecule has 1 heterocycles. The van der Waals surface area contributed by atoms with E-state index in [4.69, 9.17) is 0 Å². The Morgan fingerprint density at radius 2 is 2.04 bits per heavy atom. The van der Waals surface area contributed by atoms with Gasteiger partial charge in [-0.05, 0) is 43.0 Å². The summed E-state index contributed by atoms with van der Waals surface area (Å²) in [6.07, 6.45) is 4.71. The van der Waals surface area contributed by atoms with Gasteiger partial charge >= 0.3 is 5.97 Å². The lowest BCUT2D eigenvalue weighted by Crippen LogP contribution is -2.36. The van der Waals surface area contributed by atoms with Crippen LogP contribution in [0.5, 0.6) is 0 Å². The highest BCUT2D eigenvalue weighted by Gasteiger charge is 2.51. The second-order valence-electron chi connectivity index (χ2n) is 7.68. The Labute approximate surface area is 167 Å². The summed E-state index contributed by atoms with van der Waals surface area (Å²) in [5.41, 5.74) is 4.66. The van der Waals surface area contributed by atoms with Gasteiger partial charge in [0.25, 0.3) is 0 Å². The number of hydrogen-bond donors (Lipinski definition) is 2. The number of carboxylic acids is 1. The molecule has 0 aliphatic heterocycles. The standard InChI is InChI=1S/C21H23N3O3S/c1-24(10-17-11-28-12-22-17)9-13-3-2-4-16(7-13)23-20(25)18-14-5-6-15(8-14)19(18)21(26)27/h2-7,11-12,14-15,18-19H,8-10H2,1H3,(H,23,25)(H,26,27). The molecule has 1 fully saturated rings. The third-order valence-electron chi connectivity index (χ3n) is 5.61. The average molecular weight is 398 g/mol. The second kappa shape index (κ2) is 7.85. The molecule has 28 heavy (non-hydrogen) atoms. The number of hydrogen-bond acceptors (Lipinski definition) is 5. The van der Waals surface area contributed by atoms with Crippen LogP contribution < -0.4 is 5.32 Å². The number of nitrogens with zero attached hydrogens (tertiary/aromatic N) is 2. The van der Waals surface area contributed by atoms with Gasteiger partial charge in [-0.1, -0.05) is 24.3 Å². The predicted octanol–water partition coefficient (Wildman–Crippen LogP) is 3.24. The summed E-state index contributed by atoms with van der Waals surface area (Å²) >= 11 is 1.58. The Bertz CT molecular complexity index is 896. The van der Waals surface area contributed by atoms with Crippen LogP contribution in [-0.4, -0.2) is 33.9 Å². The zero-order valence-electron chi connectivity index (χ0n) is 15.6. The first-order valence-electron chi connectivity index (χ1n) is 9.38. The molecule has 0 radical (unpaired) electrons. The van der Waals surface area contributed by atoms with Crippen LogP contribution in [0.1, 0.15) is 17.7 Å². The lowest BCUT2D eigenvalue weighted by molar-refractivity contribution is -0.146. The molecule has 1 saturated carbocycles. The lowest BCUT2D eigenvalue weighted by atomic mass is 9.82. The molecule has 2 N–H and O–H groups in total. The molecular weight excluding hydrogens is 374 g/mol. The smallest absolute Gasteiger partial charge is 0.307 e. The first-order chi connectivity index (χ1) is 13.5. The number of fused-ring (bicyclic) bond motifs is 2. The van der Waals surface area contributed by atoms with Crippen LogP contribution in [0.25, 0.3) is 0 Å². The van der Waals surface area contributed by atoms with Gasteiger partial charge < -0.3 is 10.4 Å². The van der Waals surface area contributed by atoms with Crippen molar-refractivity contribution < 1.29 is 14.7 Å². The minimum Gasteiger partial charge on any atom is -0.481 e. The maximum atomic E-state index is 12.8. The molecule has 2 aliphatic rings. The van der Waals surface area contributed by atoms with E-state index in [0.717, 1.165) is 30.8 Å². The maximum Gasteiger partial charge on any atom is 0.307 e. The number of carbonyl (C=O) groups is 2. The lowest BCUT2D eigenvalue weighted by Gasteiger charge is -2.24. The SMILES string of the molecule is CN(Cc1cccc(NC(=O)C2C3C=CC(C3)C2C(=O)O)c1)Cc1cscn1. The van der Waals surface area contributed by atoms with Gasteiger partial charge in [-0.15, -0.1) is 11.3 Å². The molecular formula is C21H23N3O3S. The van der Waals surface area contributed by atoms with E-state index in [1.807, 2.05) is 54.4 Å². The van der Waals surface area contributed by atoms with Gasteiger partial charge in [0.2, 0.25) is 5.91 Å². The van der Waals surface area contributed by atoms with E-state index in [1.165, 1.54) is 0 Å². The summed E-state index contributed by atoms with van der Waals surface area (Å²) in [7, 11) is 2.03. The van der Waals surface area contributed by atoms with Crippen molar-refractivity contribution in [3.8, 4) is 0 Å². The first kappa shape index (κ1) is 18.8. The monoisotopic (exact) mass is 397 g/mol. The fraction of sp³-hybridized carbons (Fsp3) is 0.381. The number of benzene rings is 1. The molecule has 1 amide bonds. The Morgan fingerprint density at radius 1 is 1.25 bits per heavy atom. The number of rotatable bonds is 7.